The molecule has 0 unspecified atom stereocenters. The number of benzene rings is 1. The Morgan fingerprint density at radius 1 is 1.37 bits per heavy atom. The van der Waals surface area contributed by atoms with Crippen molar-refractivity contribution in [1.82, 2.24) is 5.32 Å². The zero-order chi connectivity index (χ0) is 14.3. The van der Waals surface area contributed by atoms with E-state index >= 15 is 0 Å². The van der Waals surface area contributed by atoms with E-state index in [9.17, 15) is 9.59 Å². The van der Waals surface area contributed by atoms with Crippen LogP contribution >= 0.6 is 0 Å². The quantitative estimate of drug-likeness (QED) is 0.777. The van der Waals surface area contributed by atoms with Crippen LogP contribution in [0.25, 0.3) is 0 Å². The van der Waals surface area contributed by atoms with Gasteiger partial charge in [0.25, 0.3) is 5.91 Å². The molecule has 2 N–H and O–H groups in total. The maximum absolute atomic E-state index is 11.4. The number of hydrogen-bond acceptors (Lipinski definition) is 4. The number of carboxylic acid groups (broad SMARTS) is 1. The highest BCUT2D eigenvalue weighted by molar-refractivity contribution is 5.91. The average molecular weight is 267 g/mol. The van der Waals surface area contributed by atoms with Crippen molar-refractivity contribution in [3.63, 3.8) is 0 Å². The van der Waals surface area contributed by atoms with Crippen LogP contribution in [0.5, 0.6) is 11.5 Å². The summed E-state index contributed by atoms with van der Waals surface area (Å²) in [5.41, 5.74) is -0.0101. The number of carboxylic acids is 1. The molecule has 0 bridgehead atoms. The highest BCUT2D eigenvalue weighted by Crippen LogP contribution is 2.24. The van der Waals surface area contributed by atoms with E-state index in [-0.39, 0.29) is 23.8 Å². The third-order valence-corrected chi connectivity index (χ3v) is 2.35. The third-order valence-electron chi connectivity index (χ3n) is 2.35. The molecule has 0 aliphatic rings. The fourth-order valence-corrected chi connectivity index (χ4v) is 1.38. The Balaban J connectivity index is 2.74. The number of nitrogens with one attached hydrogen (secondary N) is 1. The van der Waals surface area contributed by atoms with E-state index in [1.807, 2.05) is 6.92 Å². The molecule has 1 rings (SSSR count). The van der Waals surface area contributed by atoms with Gasteiger partial charge < -0.3 is 19.9 Å². The summed E-state index contributed by atoms with van der Waals surface area (Å²) in [4.78, 5) is 22.4. The lowest BCUT2D eigenvalue weighted by Crippen LogP contribution is -2.29. The first-order chi connectivity index (χ1) is 9.08. The van der Waals surface area contributed by atoms with Crippen molar-refractivity contribution in [3.8, 4) is 11.5 Å². The molecule has 0 fully saturated rings. The first-order valence-electron chi connectivity index (χ1n) is 5.89. The van der Waals surface area contributed by atoms with E-state index in [4.69, 9.17) is 14.6 Å². The Bertz CT molecular complexity index is 458. The summed E-state index contributed by atoms with van der Waals surface area (Å²) in [7, 11) is 1.47. The first-order valence-corrected chi connectivity index (χ1v) is 5.89. The van der Waals surface area contributed by atoms with Crippen molar-refractivity contribution < 1.29 is 24.2 Å². The molecule has 0 saturated heterocycles. The summed E-state index contributed by atoms with van der Waals surface area (Å²) in [5, 5.41) is 11.7. The first kappa shape index (κ1) is 14.8. The average Bonchev–Trinajstić information content (AvgIpc) is 2.42. The molecule has 0 aliphatic heterocycles. The van der Waals surface area contributed by atoms with Crippen LogP contribution in [0.1, 0.15) is 23.7 Å². The number of rotatable bonds is 7. The van der Waals surface area contributed by atoms with Crippen LogP contribution in [-0.2, 0) is 4.79 Å². The minimum absolute atomic E-state index is 0.0101. The fourth-order valence-electron chi connectivity index (χ4n) is 1.38. The van der Waals surface area contributed by atoms with E-state index in [0.717, 1.165) is 6.42 Å². The molecular formula is C13H17NO5. The van der Waals surface area contributed by atoms with Crippen LogP contribution < -0.4 is 14.8 Å². The second-order valence-electron chi connectivity index (χ2n) is 3.81. The second-order valence-corrected chi connectivity index (χ2v) is 3.81. The number of amides is 1. The standard InChI is InChI=1S/C13H17NO5/c1-3-6-14-12(15)8-19-11-7-9(18-2)4-5-10(11)13(16)17/h4-5,7H,3,6,8H2,1-2H3,(H,14,15)(H,16,17). The Labute approximate surface area is 111 Å². The summed E-state index contributed by atoms with van der Waals surface area (Å²) >= 11 is 0. The van der Waals surface area contributed by atoms with Gasteiger partial charge in [0, 0.05) is 12.6 Å². The van der Waals surface area contributed by atoms with Gasteiger partial charge >= 0.3 is 5.97 Å². The number of ether oxygens (including phenoxy) is 2. The second kappa shape index (κ2) is 7.25. The lowest BCUT2D eigenvalue weighted by atomic mass is 10.2. The monoisotopic (exact) mass is 267 g/mol. The molecule has 19 heavy (non-hydrogen) atoms. The summed E-state index contributed by atoms with van der Waals surface area (Å²) in [6, 6.07) is 4.34. The molecular weight excluding hydrogens is 250 g/mol. The molecule has 6 heteroatoms. The molecule has 1 amide bonds. The molecule has 1 aromatic carbocycles. The van der Waals surface area contributed by atoms with Crippen LogP contribution in [0.15, 0.2) is 18.2 Å². The van der Waals surface area contributed by atoms with Crippen molar-refractivity contribution in [2.24, 2.45) is 0 Å². The van der Waals surface area contributed by atoms with Gasteiger partial charge in [-0.3, -0.25) is 4.79 Å². The predicted octanol–water partition coefficient (Wildman–Crippen LogP) is 1.30. The molecule has 0 aromatic heterocycles. The van der Waals surface area contributed by atoms with Crippen LogP contribution in [-0.4, -0.2) is 37.2 Å². The van der Waals surface area contributed by atoms with Gasteiger partial charge in [-0.15, -0.1) is 0 Å². The number of hydrogen-bond donors (Lipinski definition) is 2. The van der Waals surface area contributed by atoms with E-state index in [1.54, 1.807) is 0 Å². The predicted molar refractivity (Wildman–Crippen MR) is 68.7 cm³/mol. The highest BCUT2D eigenvalue weighted by Gasteiger charge is 2.13. The van der Waals surface area contributed by atoms with Gasteiger partial charge in [-0.1, -0.05) is 6.92 Å². The summed E-state index contributed by atoms with van der Waals surface area (Å²) < 4.78 is 10.2. The zero-order valence-electron chi connectivity index (χ0n) is 10.9. The Hall–Kier alpha value is -2.24. The van der Waals surface area contributed by atoms with Crippen molar-refractivity contribution in [2.45, 2.75) is 13.3 Å². The summed E-state index contributed by atoms with van der Waals surface area (Å²) in [5.74, 6) is -0.833. The summed E-state index contributed by atoms with van der Waals surface area (Å²) in [6.45, 7) is 2.27. The molecule has 0 aliphatic carbocycles. The Kier molecular flexibility index (Phi) is 5.66. The minimum atomic E-state index is -1.12. The molecule has 0 radical (unpaired) electrons. The molecule has 0 atom stereocenters. The largest absolute Gasteiger partial charge is 0.497 e. The zero-order valence-corrected chi connectivity index (χ0v) is 10.9. The number of methoxy groups -OCH3 is 1. The maximum Gasteiger partial charge on any atom is 0.339 e. The van der Waals surface area contributed by atoms with Crippen molar-refractivity contribution in [2.75, 3.05) is 20.3 Å². The number of carbonyl (C=O) groups is 2. The van der Waals surface area contributed by atoms with Gasteiger partial charge in [-0.05, 0) is 18.6 Å². The van der Waals surface area contributed by atoms with Gasteiger partial charge in [0.1, 0.15) is 17.1 Å². The van der Waals surface area contributed by atoms with Crippen molar-refractivity contribution in [3.05, 3.63) is 23.8 Å². The van der Waals surface area contributed by atoms with Crippen LogP contribution in [0.2, 0.25) is 0 Å². The van der Waals surface area contributed by atoms with Crippen LogP contribution in [0.4, 0.5) is 0 Å². The smallest absolute Gasteiger partial charge is 0.339 e. The number of aromatic carboxylic acids is 1. The van der Waals surface area contributed by atoms with E-state index in [2.05, 4.69) is 5.32 Å². The molecule has 104 valence electrons. The van der Waals surface area contributed by atoms with E-state index < -0.39 is 5.97 Å². The number of carbonyl (C=O) groups excluding carboxylic acids is 1. The lowest BCUT2D eigenvalue weighted by molar-refractivity contribution is -0.123. The molecule has 1 aromatic rings. The van der Waals surface area contributed by atoms with Crippen LogP contribution in [0.3, 0.4) is 0 Å². The molecule has 0 spiro atoms. The Morgan fingerprint density at radius 3 is 2.68 bits per heavy atom. The van der Waals surface area contributed by atoms with Crippen LogP contribution in [0, 0.1) is 0 Å². The summed E-state index contributed by atoms with van der Waals surface area (Å²) in [6.07, 6.45) is 0.825. The SMILES string of the molecule is CCCNC(=O)COc1cc(OC)ccc1C(=O)O. The fraction of sp³-hybridized carbons (Fsp3) is 0.385. The van der Waals surface area contributed by atoms with Gasteiger partial charge in [-0.2, -0.15) is 0 Å². The molecule has 6 nitrogen and oxygen atoms in total. The van der Waals surface area contributed by atoms with Gasteiger partial charge in [0.2, 0.25) is 0 Å². The topological polar surface area (TPSA) is 84.9 Å². The van der Waals surface area contributed by atoms with Gasteiger partial charge in [0.15, 0.2) is 6.61 Å². The van der Waals surface area contributed by atoms with Crippen molar-refractivity contribution in [1.29, 1.82) is 0 Å². The van der Waals surface area contributed by atoms with E-state index in [1.165, 1.54) is 25.3 Å². The normalized spacial score (nSPS) is 9.79. The minimum Gasteiger partial charge on any atom is -0.497 e. The third kappa shape index (κ3) is 4.50. The van der Waals surface area contributed by atoms with Crippen molar-refractivity contribution >= 4 is 11.9 Å². The Morgan fingerprint density at radius 2 is 2.11 bits per heavy atom. The lowest BCUT2D eigenvalue weighted by Gasteiger charge is -2.10. The van der Waals surface area contributed by atoms with Gasteiger partial charge in [-0.25, -0.2) is 4.79 Å². The van der Waals surface area contributed by atoms with E-state index in [0.29, 0.717) is 12.3 Å². The maximum atomic E-state index is 11.4. The highest BCUT2D eigenvalue weighted by atomic mass is 16.5. The van der Waals surface area contributed by atoms with Gasteiger partial charge in [0.05, 0.1) is 7.11 Å². The molecule has 0 heterocycles. The molecule has 0 saturated carbocycles.